The van der Waals surface area contributed by atoms with E-state index >= 15 is 0 Å². The van der Waals surface area contributed by atoms with Crippen molar-refractivity contribution >= 4 is 23.2 Å². The van der Waals surface area contributed by atoms with Crippen molar-refractivity contribution in [1.82, 2.24) is 9.78 Å². The lowest BCUT2D eigenvalue weighted by Crippen LogP contribution is -2.02. The van der Waals surface area contributed by atoms with Gasteiger partial charge in [0.15, 0.2) is 0 Å². The van der Waals surface area contributed by atoms with E-state index in [1.54, 1.807) is 0 Å². The molecule has 1 fully saturated rings. The highest BCUT2D eigenvalue weighted by Gasteiger charge is 2.30. The molecule has 2 aromatic rings. The zero-order valence-electron chi connectivity index (χ0n) is 10.2. The number of benzene rings is 1. The fourth-order valence-electron chi connectivity index (χ4n) is 2.21. The summed E-state index contributed by atoms with van der Waals surface area (Å²) in [5.74, 6) is 1.13. The SMILES string of the molecule is Cc1ccc(-n2ncc(CCl)c2C2CC2)cc1Cl. The van der Waals surface area contributed by atoms with Crippen LogP contribution in [0.1, 0.15) is 35.6 Å². The Bertz CT molecular complexity index is 585. The summed E-state index contributed by atoms with van der Waals surface area (Å²) in [4.78, 5) is 0. The van der Waals surface area contributed by atoms with Crippen molar-refractivity contribution in [3.8, 4) is 5.69 Å². The lowest BCUT2D eigenvalue weighted by molar-refractivity contribution is 0.804. The molecule has 1 aliphatic carbocycles. The van der Waals surface area contributed by atoms with Crippen LogP contribution in [0.3, 0.4) is 0 Å². The number of nitrogens with zero attached hydrogens (tertiary/aromatic N) is 2. The van der Waals surface area contributed by atoms with E-state index in [2.05, 4.69) is 11.2 Å². The van der Waals surface area contributed by atoms with Crippen molar-refractivity contribution < 1.29 is 0 Å². The monoisotopic (exact) mass is 280 g/mol. The molecule has 4 heteroatoms. The van der Waals surface area contributed by atoms with Crippen molar-refractivity contribution in [2.45, 2.75) is 31.6 Å². The van der Waals surface area contributed by atoms with Gasteiger partial charge in [-0.2, -0.15) is 5.10 Å². The largest absolute Gasteiger partial charge is 0.237 e. The van der Waals surface area contributed by atoms with Crippen molar-refractivity contribution in [1.29, 1.82) is 0 Å². The second-order valence-corrected chi connectivity index (χ2v) is 5.48. The molecule has 94 valence electrons. The van der Waals surface area contributed by atoms with E-state index in [-0.39, 0.29) is 0 Å². The fourth-order valence-corrected chi connectivity index (χ4v) is 2.59. The molecule has 0 spiro atoms. The molecule has 2 nitrogen and oxygen atoms in total. The smallest absolute Gasteiger partial charge is 0.0664 e. The third-order valence-corrected chi connectivity index (χ3v) is 4.09. The molecule has 0 bridgehead atoms. The number of hydrogen-bond donors (Lipinski definition) is 0. The number of halogens is 2. The zero-order valence-corrected chi connectivity index (χ0v) is 11.7. The van der Waals surface area contributed by atoms with Gasteiger partial charge in [-0.1, -0.05) is 17.7 Å². The van der Waals surface area contributed by atoms with Crippen molar-refractivity contribution in [2.24, 2.45) is 0 Å². The maximum atomic E-state index is 6.18. The second-order valence-electron chi connectivity index (χ2n) is 4.81. The molecule has 1 saturated carbocycles. The summed E-state index contributed by atoms with van der Waals surface area (Å²) in [7, 11) is 0. The van der Waals surface area contributed by atoms with Gasteiger partial charge in [0.1, 0.15) is 0 Å². The Balaban J connectivity index is 2.10. The Labute approximate surface area is 117 Å². The molecule has 1 heterocycles. The Kier molecular flexibility index (Phi) is 3.08. The number of rotatable bonds is 3. The van der Waals surface area contributed by atoms with Gasteiger partial charge in [0.2, 0.25) is 0 Å². The number of aromatic nitrogens is 2. The zero-order chi connectivity index (χ0) is 12.7. The van der Waals surface area contributed by atoms with Gasteiger partial charge in [-0.25, -0.2) is 4.68 Å². The van der Waals surface area contributed by atoms with Crippen LogP contribution in [0.15, 0.2) is 24.4 Å². The lowest BCUT2D eigenvalue weighted by Gasteiger charge is -2.09. The Morgan fingerprint density at radius 3 is 2.78 bits per heavy atom. The maximum absolute atomic E-state index is 6.18. The first-order chi connectivity index (χ1) is 8.70. The minimum absolute atomic E-state index is 0.519. The molecule has 1 aromatic heterocycles. The topological polar surface area (TPSA) is 17.8 Å². The Hall–Kier alpha value is -0.990. The average Bonchev–Trinajstić information content (AvgIpc) is 3.12. The van der Waals surface area contributed by atoms with E-state index in [9.17, 15) is 0 Å². The predicted octanol–water partition coefficient (Wildman–Crippen LogP) is 4.45. The average molecular weight is 281 g/mol. The third kappa shape index (κ3) is 2.04. The molecule has 0 atom stereocenters. The summed E-state index contributed by atoms with van der Waals surface area (Å²) in [6, 6.07) is 6.04. The van der Waals surface area contributed by atoms with E-state index < -0.39 is 0 Å². The Morgan fingerprint density at radius 1 is 1.39 bits per heavy atom. The van der Waals surface area contributed by atoms with Crippen LogP contribution in [0.5, 0.6) is 0 Å². The predicted molar refractivity (Wildman–Crippen MR) is 74.8 cm³/mol. The maximum Gasteiger partial charge on any atom is 0.0664 e. The molecule has 1 aliphatic rings. The summed E-state index contributed by atoms with van der Waals surface area (Å²) in [5, 5.41) is 5.24. The van der Waals surface area contributed by atoms with Crippen LogP contribution in [0.2, 0.25) is 5.02 Å². The molecular weight excluding hydrogens is 267 g/mol. The van der Waals surface area contributed by atoms with E-state index in [0.717, 1.165) is 21.8 Å². The number of aryl methyl sites for hydroxylation is 1. The van der Waals surface area contributed by atoms with Crippen molar-refractivity contribution in [3.05, 3.63) is 46.2 Å². The molecule has 0 unspecified atom stereocenters. The van der Waals surface area contributed by atoms with Crippen LogP contribution >= 0.6 is 23.2 Å². The van der Waals surface area contributed by atoms with Crippen LogP contribution in [0.4, 0.5) is 0 Å². The molecule has 1 aromatic carbocycles. The molecule has 0 aliphatic heterocycles. The van der Waals surface area contributed by atoms with E-state index in [4.69, 9.17) is 23.2 Å². The fraction of sp³-hybridized carbons (Fsp3) is 0.357. The molecule has 3 rings (SSSR count). The van der Waals surface area contributed by atoms with E-state index in [1.165, 1.54) is 18.5 Å². The standard InChI is InChI=1S/C14H14Cl2N2/c1-9-2-5-12(6-13(9)16)18-14(10-3-4-10)11(7-15)8-17-18/h2,5-6,8,10H,3-4,7H2,1H3. The molecule has 0 saturated heterocycles. The highest BCUT2D eigenvalue weighted by molar-refractivity contribution is 6.31. The first kappa shape index (κ1) is 12.1. The van der Waals surface area contributed by atoms with Crippen LogP contribution in [-0.2, 0) is 5.88 Å². The first-order valence-corrected chi connectivity index (χ1v) is 7.01. The van der Waals surface area contributed by atoms with Gasteiger partial charge in [0, 0.05) is 16.5 Å². The number of hydrogen-bond acceptors (Lipinski definition) is 1. The minimum atomic E-state index is 0.519. The van der Waals surface area contributed by atoms with Gasteiger partial charge in [-0.15, -0.1) is 11.6 Å². The van der Waals surface area contributed by atoms with Gasteiger partial charge in [0.05, 0.1) is 23.5 Å². The van der Waals surface area contributed by atoms with Crippen LogP contribution in [0.25, 0.3) is 5.69 Å². The van der Waals surface area contributed by atoms with Crippen molar-refractivity contribution in [2.75, 3.05) is 0 Å². The van der Waals surface area contributed by atoms with Gasteiger partial charge in [-0.05, 0) is 37.5 Å². The normalized spacial score (nSPS) is 15.1. The van der Waals surface area contributed by atoms with Gasteiger partial charge >= 0.3 is 0 Å². The number of alkyl halides is 1. The van der Waals surface area contributed by atoms with Crippen molar-refractivity contribution in [3.63, 3.8) is 0 Å². The van der Waals surface area contributed by atoms with Gasteiger partial charge in [-0.3, -0.25) is 0 Å². The summed E-state index contributed by atoms with van der Waals surface area (Å²) in [5.41, 5.74) is 4.49. The summed E-state index contributed by atoms with van der Waals surface area (Å²) in [6.45, 7) is 2.00. The second kappa shape index (κ2) is 4.60. The quantitative estimate of drug-likeness (QED) is 0.760. The van der Waals surface area contributed by atoms with E-state index in [0.29, 0.717) is 11.8 Å². The minimum Gasteiger partial charge on any atom is -0.237 e. The Morgan fingerprint density at radius 2 is 2.17 bits per heavy atom. The lowest BCUT2D eigenvalue weighted by atomic mass is 10.2. The molecular formula is C14H14Cl2N2. The summed E-state index contributed by atoms with van der Waals surface area (Å²) in [6.07, 6.45) is 4.33. The van der Waals surface area contributed by atoms with Crippen LogP contribution in [-0.4, -0.2) is 9.78 Å². The highest BCUT2D eigenvalue weighted by atomic mass is 35.5. The highest BCUT2D eigenvalue weighted by Crippen LogP contribution is 2.42. The summed E-state index contributed by atoms with van der Waals surface area (Å²) < 4.78 is 1.99. The molecule has 0 N–H and O–H groups in total. The summed E-state index contributed by atoms with van der Waals surface area (Å²) >= 11 is 12.2. The molecule has 18 heavy (non-hydrogen) atoms. The third-order valence-electron chi connectivity index (χ3n) is 3.39. The van der Waals surface area contributed by atoms with Crippen LogP contribution < -0.4 is 0 Å². The molecule has 0 radical (unpaired) electrons. The van der Waals surface area contributed by atoms with E-state index in [1.807, 2.05) is 29.9 Å². The van der Waals surface area contributed by atoms with Gasteiger partial charge < -0.3 is 0 Å². The van der Waals surface area contributed by atoms with Crippen LogP contribution in [0, 0.1) is 6.92 Å². The first-order valence-electron chi connectivity index (χ1n) is 6.10. The molecule has 0 amide bonds. The van der Waals surface area contributed by atoms with Gasteiger partial charge in [0.25, 0.3) is 0 Å².